The van der Waals surface area contributed by atoms with Gasteiger partial charge in [-0.15, -0.1) is 12.4 Å². The highest BCUT2D eigenvalue weighted by Gasteiger charge is 2.14. The standard InChI is InChI=1S/C10H12INO.ClH/c11-9-3-1-8(2-4-9)10-7-13-6-5-12-10;/h1-4,10,12H,5-7H2;1H/t10-;/m0./s1. The van der Waals surface area contributed by atoms with Crippen LogP contribution in [-0.2, 0) is 4.74 Å². The minimum Gasteiger partial charge on any atom is -0.378 e. The summed E-state index contributed by atoms with van der Waals surface area (Å²) >= 11 is 2.32. The molecule has 1 aliphatic rings. The Morgan fingerprint density at radius 2 is 2.00 bits per heavy atom. The third-order valence-electron chi connectivity index (χ3n) is 2.19. The average molecular weight is 326 g/mol. The molecule has 1 aromatic rings. The van der Waals surface area contributed by atoms with Gasteiger partial charge in [0.25, 0.3) is 0 Å². The Hall–Kier alpha value is 0.160. The second-order valence-electron chi connectivity index (χ2n) is 3.13. The van der Waals surface area contributed by atoms with Crippen molar-refractivity contribution in [1.29, 1.82) is 0 Å². The van der Waals surface area contributed by atoms with Crippen molar-refractivity contribution in [2.75, 3.05) is 19.8 Å². The van der Waals surface area contributed by atoms with E-state index in [9.17, 15) is 0 Å². The zero-order chi connectivity index (χ0) is 9.10. The fraction of sp³-hybridized carbons (Fsp3) is 0.400. The average Bonchev–Trinajstić information content (AvgIpc) is 2.20. The lowest BCUT2D eigenvalue weighted by Gasteiger charge is -2.24. The first kappa shape index (κ1) is 12.2. The molecular formula is C10H13ClINO. The Kier molecular flexibility index (Phi) is 5.15. The number of rotatable bonds is 1. The molecule has 4 heteroatoms. The molecule has 1 aromatic carbocycles. The lowest BCUT2D eigenvalue weighted by Crippen LogP contribution is -2.34. The van der Waals surface area contributed by atoms with Gasteiger partial charge < -0.3 is 10.1 Å². The zero-order valence-corrected chi connectivity index (χ0v) is 10.7. The SMILES string of the molecule is Cl.Ic1ccc([C@@H]2COCCN2)cc1. The highest BCUT2D eigenvalue weighted by molar-refractivity contribution is 14.1. The molecule has 14 heavy (non-hydrogen) atoms. The van der Waals surface area contributed by atoms with Crippen molar-refractivity contribution in [3.63, 3.8) is 0 Å². The zero-order valence-electron chi connectivity index (χ0n) is 7.70. The van der Waals surface area contributed by atoms with Crippen molar-refractivity contribution in [2.45, 2.75) is 6.04 Å². The lowest BCUT2D eigenvalue weighted by atomic mass is 10.1. The van der Waals surface area contributed by atoms with E-state index in [-0.39, 0.29) is 12.4 Å². The fourth-order valence-corrected chi connectivity index (χ4v) is 1.83. The van der Waals surface area contributed by atoms with Crippen molar-refractivity contribution in [3.8, 4) is 0 Å². The van der Waals surface area contributed by atoms with Gasteiger partial charge in [0.1, 0.15) is 0 Å². The van der Waals surface area contributed by atoms with Crippen LogP contribution in [0.2, 0.25) is 0 Å². The van der Waals surface area contributed by atoms with Crippen molar-refractivity contribution in [3.05, 3.63) is 33.4 Å². The minimum absolute atomic E-state index is 0. The van der Waals surface area contributed by atoms with Crippen LogP contribution in [-0.4, -0.2) is 19.8 Å². The third kappa shape index (κ3) is 3.08. The monoisotopic (exact) mass is 325 g/mol. The highest BCUT2D eigenvalue weighted by atomic mass is 127. The lowest BCUT2D eigenvalue weighted by molar-refractivity contribution is 0.0769. The first-order valence-electron chi connectivity index (χ1n) is 4.43. The molecule has 1 saturated heterocycles. The van der Waals surface area contributed by atoms with Crippen LogP contribution >= 0.6 is 35.0 Å². The molecule has 0 bridgehead atoms. The Bertz CT molecular complexity index is 272. The van der Waals surface area contributed by atoms with E-state index in [1.54, 1.807) is 0 Å². The number of nitrogens with one attached hydrogen (secondary N) is 1. The molecule has 0 unspecified atom stereocenters. The van der Waals surface area contributed by atoms with Crippen molar-refractivity contribution < 1.29 is 4.74 Å². The van der Waals surface area contributed by atoms with Crippen LogP contribution in [0.15, 0.2) is 24.3 Å². The van der Waals surface area contributed by atoms with Crippen molar-refractivity contribution >= 4 is 35.0 Å². The Labute approximate surface area is 104 Å². The first-order chi connectivity index (χ1) is 6.36. The summed E-state index contributed by atoms with van der Waals surface area (Å²) in [6.07, 6.45) is 0. The van der Waals surface area contributed by atoms with Gasteiger partial charge in [-0.1, -0.05) is 12.1 Å². The van der Waals surface area contributed by atoms with Crippen LogP contribution in [0, 0.1) is 3.57 Å². The van der Waals surface area contributed by atoms with Crippen LogP contribution in [0.25, 0.3) is 0 Å². The molecule has 2 nitrogen and oxygen atoms in total. The molecular weight excluding hydrogens is 312 g/mol. The second kappa shape index (κ2) is 5.90. The molecule has 1 N–H and O–H groups in total. The van der Waals surface area contributed by atoms with Gasteiger partial charge >= 0.3 is 0 Å². The van der Waals surface area contributed by atoms with Gasteiger partial charge in [-0.25, -0.2) is 0 Å². The molecule has 1 aliphatic heterocycles. The molecule has 0 radical (unpaired) electrons. The number of benzene rings is 1. The van der Waals surface area contributed by atoms with E-state index in [4.69, 9.17) is 4.74 Å². The van der Waals surface area contributed by atoms with Gasteiger partial charge in [0.05, 0.1) is 19.3 Å². The minimum atomic E-state index is 0. The van der Waals surface area contributed by atoms with Gasteiger partial charge in [0.15, 0.2) is 0 Å². The van der Waals surface area contributed by atoms with E-state index in [0.717, 1.165) is 19.8 Å². The molecule has 1 atom stereocenters. The van der Waals surface area contributed by atoms with E-state index in [2.05, 4.69) is 52.2 Å². The van der Waals surface area contributed by atoms with Crippen LogP contribution < -0.4 is 5.32 Å². The molecule has 0 spiro atoms. The van der Waals surface area contributed by atoms with E-state index in [1.807, 2.05) is 0 Å². The number of halogens is 2. The maximum Gasteiger partial charge on any atom is 0.0662 e. The summed E-state index contributed by atoms with van der Waals surface area (Å²) in [5.41, 5.74) is 1.32. The summed E-state index contributed by atoms with van der Waals surface area (Å²) in [6.45, 7) is 2.58. The molecule has 0 aliphatic carbocycles. The Morgan fingerprint density at radius 1 is 1.29 bits per heavy atom. The topological polar surface area (TPSA) is 21.3 Å². The first-order valence-corrected chi connectivity index (χ1v) is 5.51. The summed E-state index contributed by atoms with van der Waals surface area (Å²) in [6, 6.07) is 8.96. The molecule has 2 rings (SSSR count). The smallest absolute Gasteiger partial charge is 0.0662 e. The van der Waals surface area contributed by atoms with E-state index in [0.29, 0.717) is 6.04 Å². The van der Waals surface area contributed by atoms with Crippen LogP contribution in [0.5, 0.6) is 0 Å². The summed E-state index contributed by atoms with van der Waals surface area (Å²) < 4.78 is 6.68. The quantitative estimate of drug-likeness (QED) is 0.801. The van der Waals surface area contributed by atoms with Crippen LogP contribution in [0.1, 0.15) is 11.6 Å². The number of hydrogen-bond donors (Lipinski definition) is 1. The van der Waals surface area contributed by atoms with E-state index < -0.39 is 0 Å². The van der Waals surface area contributed by atoms with E-state index in [1.165, 1.54) is 9.13 Å². The summed E-state index contributed by atoms with van der Waals surface area (Å²) in [5.74, 6) is 0. The molecule has 1 heterocycles. The van der Waals surface area contributed by atoms with Crippen molar-refractivity contribution in [1.82, 2.24) is 5.32 Å². The molecule has 0 saturated carbocycles. The van der Waals surface area contributed by atoms with Crippen LogP contribution in [0.4, 0.5) is 0 Å². The van der Waals surface area contributed by atoms with Gasteiger partial charge in [-0.05, 0) is 40.3 Å². The predicted octanol–water partition coefficient (Wildman–Crippen LogP) is 2.37. The van der Waals surface area contributed by atoms with Crippen molar-refractivity contribution in [2.24, 2.45) is 0 Å². The van der Waals surface area contributed by atoms with E-state index >= 15 is 0 Å². The molecule has 78 valence electrons. The Balaban J connectivity index is 0.000000980. The Morgan fingerprint density at radius 3 is 2.57 bits per heavy atom. The maximum atomic E-state index is 5.40. The summed E-state index contributed by atoms with van der Waals surface area (Å²) in [7, 11) is 0. The summed E-state index contributed by atoms with van der Waals surface area (Å²) in [5, 5.41) is 3.43. The maximum absolute atomic E-state index is 5.40. The second-order valence-corrected chi connectivity index (χ2v) is 4.38. The number of morpholine rings is 1. The van der Waals surface area contributed by atoms with Gasteiger partial charge in [-0.2, -0.15) is 0 Å². The fourth-order valence-electron chi connectivity index (χ4n) is 1.47. The predicted molar refractivity (Wildman–Crippen MR) is 68.0 cm³/mol. The van der Waals surface area contributed by atoms with Gasteiger partial charge in [0, 0.05) is 10.1 Å². The normalized spacial score (nSPS) is 21.4. The van der Waals surface area contributed by atoms with Gasteiger partial charge in [-0.3, -0.25) is 0 Å². The molecule has 0 aromatic heterocycles. The third-order valence-corrected chi connectivity index (χ3v) is 2.91. The largest absolute Gasteiger partial charge is 0.378 e. The van der Waals surface area contributed by atoms with Gasteiger partial charge in [0.2, 0.25) is 0 Å². The van der Waals surface area contributed by atoms with Crippen LogP contribution in [0.3, 0.4) is 0 Å². The highest BCUT2D eigenvalue weighted by Crippen LogP contribution is 2.16. The molecule has 1 fully saturated rings. The summed E-state index contributed by atoms with van der Waals surface area (Å²) in [4.78, 5) is 0. The number of ether oxygens (including phenoxy) is 1. The molecule has 0 amide bonds. The number of hydrogen-bond acceptors (Lipinski definition) is 2.